The number of ether oxygens (including phenoxy) is 1. The Kier molecular flexibility index (Phi) is 6.63. The van der Waals surface area contributed by atoms with Crippen molar-refractivity contribution in [1.29, 1.82) is 0 Å². The van der Waals surface area contributed by atoms with Gasteiger partial charge < -0.3 is 10.1 Å². The van der Waals surface area contributed by atoms with E-state index in [0.717, 1.165) is 35.4 Å². The van der Waals surface area contributed by atoms with E-state index in [1.165, 1.54) is 0 Å². The Morgan fingerprint density at radius 1 is 1.12 bits per heavy atom. The van der Waals surface area contributed by atoms with Crippen LogP contribution in [0.5, 0.6) is 0 Å². The highest BCUT2D eigenvalue weighted by Crippen LogP contribution is 2.31. The number of amides is 2. The molecule has 0 spiro atoms. The smallest absolute Gasteiger partial charge is 0.414 e. The lowest BCUT2D eigenvalue weighted by molar-refractivity contribution is 0.0950. The highest BCUT2D eigenvalue weighted by Gasteiger charge is 2.34. The predicted molar refractivity (Wildman–Crippen MR) is 125 cm³/mol. The van der Waals surface area contributed by atoms with Gasteiger partial charge >= 0.3 is 6.09 Å². The number of benzene rings is 1. The molecule has 1 aromatic carbocycles. The standard InChI is InChI=1S/C25H27N5O3/c1-4-5-21-15-33-25(32)30(21)22-9-18(23-7-6-16(2)11-28-23)8-19(10-22)24(31)29-14-20-13-26-17(3)12-27-20/h6-13,21H,4-5,14-15H2,1-3H3,(H,29,31)/t21-/m1/s1. The maximum Gasteiger partial charge on any atom is 0.414 e. The molecule has 0 saturated carbocycles. The Hall–Kier alpha value is -3.81. The van der Waals surface area contributed by atoms with Crippen LogP contribution in [-0.2, 0) is 11.3 Å². The lowest BCUT2D eigenvalue weighted by Gasteiger charge is -2.22. The lowest BCUT2D eigenvalue weighted by atomic mass is 10.0. The van der Waals surface area contributed by atoms with Crippen molar-refractivity contribution in [3.05, 3.63) is 71.4 Å². The van der Waals surface area contributed by atoms with Gasteiger partial charge in [-0.05, 0) is 50.1 Å². The zero-order valence-corrected chi connectivity index (χ0v) is 19.0. The van der Waals surface area contributed by atoms with Crippen LogP contribution in [0.15, 0.2) is 48.9 Å². The summed E-state index contributed by atoms with van der Waals surface area (Å²) in [6, 6.07) is 9.20. The maximum absolute atomic E-state index is 13.1. The number of cyclic esters (lactones) is 1. The Morgan fingerprint density at radius 3 is 2.67 bits per heavy atom. The second kappa shape index (κ2) is 9.77. The largest absolute Gasteiger partial charge is 0.447 e. The SMILES string of the molecule is CCC[C@@H]1COC(=O)N1c1cc(C(=O)NCc2cnc(C)cn2)cc(-c2ccc(C)cn2)c1. The van der Waals surface area contributed by atoms with E-state index in [1.54, 1.807) is 35.6 Å². The second-order valence-electron chi connectivity index (χ2n) is 8.21. The summed E-state index contributed by atoms with van der Waals surface area (Å²) in [6.45, 7) is 6.48. The van der Waals surface area contributed by atoms with Crippen LogP contribution >= 0.6 is 0 Å². The number of aromatic nitrogens is 3. The lowest BCUT2D eigenvalue weighted by Crippen LogP contribution is -2.33. The van der Waals surface area contributed by atoms with E-state index in [9.17, 15) is 9.59 Å². The van der Waals surface area contributed by atoms with Crippen LogP contribution in [-0.4, -0.2) is 39.6 Å². The number of nitrogens with one attached hydrogen (secondary N) is 1. The molecule has 1 aliphatic heterocycles. The van der Waals surface area contributed by atoms with Gasteiger partial charge in [0.15, 0.2) is 0 Å². The molecular formula is C25H27N5O3. The highest BCUT2D eigenvalue weighted by atomic mass is 16.6. The first-order chi connectivity index (χ1) is 15.9. The van der Waals surface area contributed by atoms with Crippen LogP contribution < -0.4 is 10.2 Å². The summed E-state index contributed by atoms with van der Waals surface area (Å²) in [4.78, 5) is 40.3. The minimum atomic E-state index is -0.399. The molecule has 2 aromatic heterocycles. The summed E-state index contributed by atoms with van der Waals surface area (Å²) in [5.74, 6) is -0.271. The Labute approximate surface area is 193 Å². The number of hydrogen-bond donors (Lipinski definition) is 1. The van der Waals surface area contributed by atoms with E-state index in [2.05, 4.69) is 27.2 Å². The zero-order chi connectivity index (χ0) is 23.4. The molecule has 0 bridgehead atoms. The molecule has 2 amide bonds. The molecule has 0 unspecified atom stereocenters. The Balaban J connectivity index is 1.67. The molecule has 1 N–H and O–H groups in total. The average molecular weight is 446 g/mol. The molecule has 0 aliphatic carbocycles. The average Bonchev–Trinajstić information content (AvgIpc) is 3.19. The van der Waals surface area contributed by atoms with E-state index in [1.807, 2.05) is 32.0 Å². The van der Waals surface area contributed by atoms with Crippen molar-refractivity contribution in [2.24, 2.45) is 0 Å². The van der Waals surface area contributed by atoms with Gasteiger partial charge in [-0.25, -0.2) is 4.79 Å². The summed E-state index contributed by atoms with van der Waals surface area (Å²) in [5.41, 5.74) is 5.04. The van der Waals surface area contributed by atoms with Crippen molar-refractivity contribution in [2.75, 3.05) is 11.5 Å². The van der Waals surface area contributed by atoms with Gasteiger partial charge in [0, 0.05) is 29.2 Å². The maximum atomic E-state index is 13.1. The number of anilines is 1. The van der Waals surface area contributed by atoms with Crippen molar-refractivity contribution in [3.8, 4) is 11.3 Å². The topological polar surface area (TPSA) is 97.3 Å². The molecule has 4 rings (SSSR count). The molecular weight excluding hydrogens is 418 g/mol. The molecule has 1 fully saturated rings. The Bertz CT molecular complexity index is 1150. The number of aryl methyl sites for hydroxylation is 2. The third-order valence-corrected chi connectivity index (χ3v) is 5.51. The van der Waals surface area contributed by atoms with E-state index in [0.29, 0.717) is 23.6 Å². The number of carbonyl (C=O) groups is 2. The molecule has 3 aromatic rings. The first kappa shape index (κ1) is 22.4. The van der Waals surface area contributed by atoms with Gasteiger partial charge in [0.2, 0.25) is 0 Å². The van der Waals surface area contributed by atoms with E-state index in [-0.39, 0.29) is 18.5 Å². The summed E-state index contributed by atoms with van der Waals surface area (Å²) < 4.78 is 5.32. The summed E-state index contributed by atoms with van der Waals surface area (Å²) in [6.07, 6.45) is 6.42. The normalized spacial score (nSPS) is 15.4. The number of carbonyl (C=O) groups excluding carboxylic acids is 2. The highest BCUT2D eigenvalue weighted by molar-refractivity contribution is 5.99. The monoisotopic (exact) mass is 445 g/mol. The van der Waals surface area contributed by atoms with Gasteiger partial charge in [-0.1, -0.05) is 19.4 Å². The van der Waals surface area contributed by atoms with Crippen LogP contribution in [0.1, 0.15) is 47.1 Å². The van der Waals surface area contributed by atoms with Crippen molar-refractivity contribution in [1.82, 2.24) is 20.3 Å². The second-order valence-corrected chi connectivity index (χ2v) is 8.21. The fourth-order valence-corrected chi connectivity index (χ4v) is 3.77. The van der Waals surface area contributed by atoms with Crippen LogP contribution in [0.4, 0.5) is 10.5 Å². The summed E-state index contributed by atoms with van der Waals surface area (Å²) >= 11 is 0. The summed E-state index contributed by atoms with van der Waals surface area (Å²) in [7, 11) is 0. The Morgan fingerprint density at radius 2 is 1.97 bits per heavy atom. The van der Waals surface area contributed by atoms with E-state index >= 15 is 0 Å². The minimum absolute atomic E-state index is 0.0672. The van der Waals surface area contributed by atoms with Crippen molar-refractivity contribution in [2.45, 2.75) is 46.2 Å². The van der Waals surface area contributed by atoms with Gasteiger partial charge in [-0.2, -0.15) is 0 Å². The van der Waals surface area contributed by atoms with Crippen LogP contribution in [0.25, 0.3) is 11.3 Å². The molecule has 1 saturated heterocycles. The first-order valence-electron chi connectivity index (χ1n) is 11.0. The van der Waals surface area contributed by atoms with Gasteiger partial charge in [0.05, 0.1) is 35.9 Å². The summed E-state index contributed by atoms with van der Waals surface area (Å²) in [5, 5.41) is 2.89. The van der Waals surface area contributed by atoms with Gasteiger partial charge in [0.25, 0.3) is 5.91 Å². The molecule has 1 aliphatic rings. The number of hydrogen-bond acceptors (Lipinski definition) is 6. The fourth-order valence-electron chi connectivity index (χ4n) is 3.77. The predicted octanol–water partition coefficient (Wildman–Crippen LogP) is 4.21. The molecule has 0 radical (unpaired) electrons. The molecule has 170 valence electrons. The third kappa shape index (κ3) is 5.16. The quantitative estimate of drug-likeness (QED) is 0.585. The third-order valence-electron chi connectivity index (χ3n) is 5.51. The van der Waals surface area contributed by atoms with Gasteiger partial charge in [-0.3, -0.25) is 24.6 Å². The van der Waals surface area contributed by atoms with Gasteiger partial charge in [0.1, 0.15) is 6.61 Å². The fraction of sp³-hybridized carbons (Fsp3) is 0.320. The van der Waals surface area contributed by atoms with Crippen LogP contribution in [0, 0.1) is 13.8 Å². The van der Waals surface area contributed by atoms with Crippen molar-refractivity contribution >= 4 is 17.7 Å². The minimum Gasteiger partial charge on any atom is -0.447 e. The zero-order valence-electron chi connectivity index (χ0n) is 19.0. The first-order valence-corrected chi connectivity index (χ1v) is 11.0. The van der Waals surface area contributed by atoms with E-state index < -0.39 is 6.09 Å². The van der Waals surface area contributed by atoms with E-state index in [4.69, 9.17) is 4.74 Å². The molecule has 8 heteroatoms. The number of rotatable bonds is 7. The molecule has 33 heavy (non-hydrogen) atoms. The molecule has 3 heterocycles. The van der Waals surface area contributed by atoms with Crippen molar-refractivity contribution in [3.63, 3.8) is 0 Å². The molecule has 8 nitrogen and oxygen atoms in total. The number of nitrogens with zero attached hydrogens (tertiary/aromatic N) is 4. The molecule has 1 atom stereocenters. The number of pyridine rings is 1. The van der Waals surface area contributed by atoms with Crippen LogP contribution in [0.2, 0.25) is 0 Å². The van der Waals surface area contributed by atoms with Gasteiger partial charge in [-0.15, -0.1) is 0 Å². The van der Waals surface area contributed by atoms with Crippen molar-refractivity contribution < 1.29 is 14.3 Å². The van der Waals surface area contributed by atoms with Crippen LogP contribution in [0.3, 0.4) is 0 Å².